The molecule has 1 aliphatic heterocycles. The van der Waals surface area contributed by atoms with Crippen molar-refractivity contribution in [2.45, 2.75) is 32.0 Å². The number of furan rings is 1. The molecule has 10 heteroatoms. The first-order chi connectivity index (χ1) is 13.4. The van der Waals surface area contributed by atoms with Crippen LogP contribution >= 0.6 is 7.59 Å². The van der Waals surface area contributed by atoms with Gasteiger partial charge in [-0.15, -0.1) is 0 Å². The molecule has 1 aromatic carbocycles. The predicted octanol–water partition coefficient (Wildman–Crippen LogP) is 2.43. The first kappa shape index (κ1) is 20.1. The Morgan fingerprint density at radius 3 is 2.64 bits per heavy atom. The molecule has 150 valence electrons. The average molecular weight is 406 g/mol. The van der Waals surface area contributed by atoms with E-state index in [0.29, 0.717) is 18.6 Å². The van der Waals surface area contributed by atoms with E-state index < -0.39 is 25.6 Å². The van der Waals surface area contributed by atoms with Gasteiger partial charge in [-0.2, -0.15) is 0 Å². The second-order valence-corrected chi connectivity index (χ2v) is 8.37. The molecule has 2 heterocycles. The molecule has 1 aromatic heterocycles. The van der Waals surface area contributed by atoms with Crippen molar-refractivity contribution in [1.82, 2.24) is 9.57 Å². The van der Waals surface area contributed by atoms with Crippen LogP contribution < -0.4 is 11.0 Å². The summed E-state index contributed by atoms with van der Waals surface area (Å²) in [6, 6.07) is 11.7. The van der Waals surface area contributed by atoms with Crippen LogP contribution in [0.4, 0.5) is 4.79 Å². The molecular weight excluding hydrogens is 383 g/mol. The third-order valence-electron chi connectivity index (χ3n) is 4.49. The topological polar surface area (TPSA) is 132 Å². The predicted molar refractivity (Wildman–Crippen MR) is 102 cm³/mol. The highest BCUT2D eigenvalue weighted by Crippen LogP contribution is 2.36. The molecule has 28 heavy (non-hydrogen) atoms. The standard InChI is InChI=1S/C18H23N4O5P/c19-28(20,25)22-10-4-9-16(17(22)23)21(12-15-8-5-11-26-15)18(24)27-13-14-6-2-1-3-7-14/h1-3,5-8,11,16H,4,9-10,12-13H2,(H4,19,20,25)/t16-/m0/s1. The summed E-state index contributed by atoms with van der Waals surface area (Å²) in [5.74, 6) is -0.0620. The summed E-state index contributed by atoms with van der Waals surface area (Å²) in [7, 11) is -3.76. The third-order valence-corrected chi connectivity index (χ3v) is 5.64. The molecule has 1 aliphatic rings. The van der Waals surface area contributed by atoms with E-state index in [-0.39, 0.29) is 19.7 Å². The minimum absolute atomic E-state index is 0.0321. The molecule has 0 unspecified atom stereocenters. The highest BCUT2D eigenvalue weighted by Gasteiger charge is 2.41. The normalized spacial score (nSPS) is 17.4. The zero-order valence-electron chi connectivity index (χ0n) is 15.3. The fourth-order valence-electron chi connectivity index (χ4n) is 3.11. The molecule has 0 aliphatic carbocycles. The number of ether oxygens (including phenoxy) is 1. The summed E-state index contributed by atoms with van der Waals surface area (Å²) < 4.78 is 23.7. The minimum Gasteiger partial charge on any atom is -0.467 e. The largest absolute Gasteiger partial charge is 0.467 e. The molecule has 2 aromatic rings. The van der Waals surface area contributed by atoms with Gasteiger partial charge in [0.2, 0.25) is 0 Å². The van der Waals surface area contributed by atoms with Gasteiger partial charge in [-0.25, -0.2) is 4.79 Å². The van der Waals surface area contributed by atoms with Crippen LogP contribution in [0.15, 0.2) is 53.1 Å². The smallest absolute Gasteiger partial charge is 0.411 e. The van der Waals surface area contributed by atoms with Crippen LogP contribution in [0.25, 0.3) is 0 Å². The van der Waals surface area contributed by atoms with Crippen LogP contribution in [0, 0.1) is 0 Å². The fraction of sp³-hybridized carbons (Fsp3) is 0.333. The molecular formula is C18H23N4O5P. The van der Waals surface area contributed by atoms with Gasteiger partial charge in [-0.3, -0.25) is 29.9 Å². The molecule has 3 rings (SSSR count). The van der Waals surface area contributed by atoms with Gasteiger partial charge in [-0.05, 0) is 30.5 Å². The third kappa shape index (κ3) is 4.81. The number of benzene rings is 1. The van der Waals surface area contributed by atoms with E-state index in [2.05, 4.69) is 0 Å². The van der Waals surface area contributed by atoms with Crippen molar-refractivity contribution in [1.29, 1.82) is 0 Å². The van der Waals surface area contributed by atoms with Crippen molar-refractivity contribution in [2.24, 2.45) is 11.0 Å². The van der Waals surface area contributed by atoms with Gasteiger partial charge >= 0.3 is 13.7 Å². The lowest BCUT2D eigenvalue weighted by Gasteiger charge is -2.38. The maximum Gasteiger partial charge on any atom is 0.411 e. The SMILES string of the molecule is NP(N)(=O)N1CCC[C@H](N(Cc2ccco2)C(=O)OCc2ccccc2)C1=O. The maximum absolute atomic E-state index is 12.8. The molecule has 2 amide bonds. The Kier molecular flexibility index (Phi) is 6.18. The van der Waals surface area contributed by atoms with Crippen LogP contribution in [0.2, 0.25) is 0 Å². The quantitative estimate of drug-likeness (QED) is 0.704. The molecule has 0 bridgehead atoms. The molecule has 0 radical (unpaired) electrons. The number of nitrogens with two attached hydrogens (primary N) is 2. The Morgan fingerprint density at radius 1 is 1.25 bits per heavy atom. The number of rotatable bonds is 6. The summed E-state index contributed by atoms with van der Waals surface area (Å²) in [6.07, 6.45) is 1.70. The number of carbonyl (C=O) groups excluding carboxylic acids is 2. The zero-order valence-corrected chi connectivity index (χ0v) is 16.2. The van der Waals surface area contributed by atoms with E-state index in [9.17, 15) is 14.2 Å². The van der Waals surface area contributed by atoms with E-state index in [1.165, 1.54) is 11.2 Å². The van der Waals surface area contributed by atoms with Crippen LogP contribution in [-0.4, -0.2) is 34.2 Å². The van der Waals surface area contributed by atoms with Gasteiger partial charge in [0.15, 0.2) is 0 Å². The first-order valence-corrected chi connectivity index (χ1v) is 10.6. The van der Waals surface area contributed by atoms with Crippen molar-refractivity contribution < 1.29 is 23.3 Å². The van der Waals surface area contributed by atoms with Gasteiger partial charge in [0.05, 0.1) is 12.8 Å². The molecule has 9 nitrogen and oxygen atoms in total. The molecule has 0 spiro atoms. The van der Waals surface area contributed by atoms with Crippen LogP contribution in [0.5, 0.6) is 0 Å². The highest BCUT2D eigenvalue weighted by atomic mass is 31.2. The summed E-state index contributed by atoms with van der Waals surface area (Å²) in [5, 5.41) is 0. The summed E-state index contributed by atoms with van der Waals surface area (Å²) in [4.78, 5) is 26.9. The summed E-state index contributed by atoms with van der Waals surface area (Å²) in [6.45, 7) is 0.281. The Hall–Kier alpha value is -2.61. The Labute approximate surface area is 162 Å². The summed E-state index contributed by atoms with van der Waals surface area (Å²) >= 11 is 0. The van der Waals surface area contributed by atoms with E-state index in [1.807, 2.05) is 30.3 Å². The number of carbonyl (C=O) groups is 2. The Bertz CT molecular complexity index is 852. The number of piperidine rings is 1. The molecule has 4 N–H and O–H groups in total. The van der Waals surface area contributed by atoms with Crippen molar-refractivity contribution in [3.63, 3.8) is 0 Å². The number of amides is 2. The van der Waals surface area contributed by atoms with Crippen molar-refractivity contribution in [2.75, 3.05) is 6.54 Å². The van der Waals surface area contributed by atoms with Crippen molar-refractivity contribution >= 4 is 19.6 Å². The van der Waals surface area contributed by atoms with E-state index in [1.54, 1.807) is 12.1 Å². The van der Waals surface area contributed by atoms with Gasteiger partial charge in [-0.1, -0.05) is 30.3 Å². The van der Waals surface area contributed by atoms with Crippen LogP contribution in [-0.2, 0) is 27.2 Å². The highest BCUT2D eigenvalue weighted by molar-refractivity contribution is 7.57. The first-order valence-electron chi connectivity index (χ1n) is 8.85. The Balaban J connectivity index is 1.78. The zero-order chi connectivity index (χ0) is 20.1. The van der Waals surface area contributed by atoms with E-state index >= 15 is 0 Å². The summed E-state index contributed by atoms with van der Waals surface area (Å²) in [5.41, 5.74) is 11.8. The second kappa shape index (κ2) is 8.60. The van der Waals surface area contributed by atoms with Crippen LogP contribution in [0.1, 0.15) is 24.2 Å². The minimum atomic E-state index is -3.76. The lowest BCUT2D eigenvalue weighted by Crippen LogP contribution is -2.54. The van der Waals surface area contributed by atoms with Crippen molar-refractivity contribution in [3.8, 4) is 0 Å². The molecule has 1 saturated heterocycles. The average Bonchev–Trinajstić information content (AvgIpc) is 3.18. The molecule has 0 saturated carbocycles. The van der Waals surface area contributed by atoms with E-state index in [0.717, 1.165) is 10.2 Å². The fourth-order valence-corrected chi connectivity index (χ4v) is 4.01. The lowest BCUT2D eigenvalue weighted by molar-refractivity contribution is -0.134. The van der Waals surface area contributed by atoms with Crippen molar-refractivity contribution in [3.05, 3.63) is 60.1 Å². The maximum atomic E-state index is 12.8. The molecule has 1 fully saturated rings. The van der Waals surface area contributed by atoms with E-state index in [4.69, 9.17) is 20.2 Å². The number of hydrogen-bond donors (Lipinski definition) is 2. The monoisotopic (exact) mass is 406 g/mol. The second-order valence-electron chi connectivity index (χ2n) is 6.54. The lowest BCUT2D eigenvalue weighted by atomic mass is 10.1. The van der Waals surface area contributed by atoms with Gasteiger partial charge in [0.1, 0.15) is 18.4 Å². The van der Waals surface area contributed by atoms with Gasteiger partial charge in [0, 0.05) is 6.54 Å². The van der Waals surface area contributed by atoms with Crippen LogP contribution in [0.3, 0.4) is 0 Å². The van der Waals surface area contributed by atoms with Gasteiger partial charge in [0.25, 0.3) is 5.91 Å². The number of hydrogen-bond acceptors (Lipinski definition) is 5. The number of nitrogens with zero attached hydrogens (tertiary/aromatic N) is 2. The van der Waals surface area contributed by atoms with Gasteiger partial charge < -0.3 is 9.15 Å². The molecule has 1 atom stereocenters. The Morgan fingerprint density at radius 2 is 2.00 bits per heavy atom.